The molecule has 8 heavy (non-hydrogen) atoms. The van der Waals surface area contributed by atoms with Crippen molar-refractivity contribution in [1.29, 1.82) is 0 Å². The van der Waals surface area contributed by atoms with E-state index in [0.717, 1.165) is 0 Å². The maximum atomic E-state index is 9.43. The second-order valence-electron chi connectivity index (χ2n) is 0.740. The van der Waals surface area contributed by atoms with Gasteiger partial charge < -0.3 is 0 Å². The Hall–Kier alpha value is -0.0700. The van der Waals surface area contributed by atoms with Crippen molar-refractivity contribution in [2.45, 2.75) is 0 Å². The lowest BCUT2D eigenvalue weighted by molar-refractivity contribution is 0.356. The minimum Gasteiger partial charge on any atom is -0.261 e. The fourth-order valence-corrected chi connectivity index (χ4v) is 0.725. The predicted molar refractivity (Wildman–Crippen MR) is 22.5 cm³/mol. The number of rotatable bonds is 2. The van der Waals surface area contributed by atoms with Gasteiger partial charge in [0.15, 0.2) is 0 Å². The second-order valence-corrected chi connectivity index (χ2v) is 2.67. The van der Waals surface area contributed by atoms with Crippen molar-refractivity contribution in [3.63, 3.8) is 0 Å². The van der Waals surface area contributed by atoms with Crippen molar-refractivity contribution in [3.8, 4) is 0 Å². The van der Waals surface area contributed by atoms with Gasteiger partial charge in [-0.2, -0.15) is 8.42 Å². The Morgan fingerprint density at radius 2 is 1.88 bits per heavy atom. The first-order valence-electron chi connectivity index (χ1n) is 1.25. The summed E-state index contributed by atoms with van der Waals surface area (Å²) in [6.45, 7) is 0. The molecule has 0 saturated carbocycles. The van der Waals surface area contributed by atoms with Gasteiger partial charge in [0.05, 0.1) is 0 Å². The molecule has 0 aliphatic carbocycles. The molecule has 8 heteroatoms. The van der Waals surface area contributed by atoms with Crippen LogP contribution in [0.3, 0.4) is 0 Å². The molecule has 0 saturated heterocycles. The van der Waals surface area contributed by atoms with Crippen LogP contribution in [0, 0.1) is 0 Å². The lowest BCUT2D eigenvalue weighted by atomic mass is 15.8. The minimum atomic E-state index is -4.76. The molecule has 6 nitrogen and oxygen atoms in total. The molecule has 48 valence electrons. The molecule has 0 aliphatic rings. The van der Waals surface area contributed by atoms with Crippen LogP contribution < -0.4 is 0 Å². The smallest absolute Gasteiger partial charge is 0.261 e. The van der Waals surface area contributed by atoms with Crippen LogP contribution in [-0.2, 0) is 18.9 Å². The average molecular weight is 161 g/mol. The quantitative estimate of drug-likeness (QED) is 0.416. The Morgan fingerprint density at radius 1 is 1.50 bits per heavy atom. The van der Waals surface area contributed by atoms with E-state index in [9.17, 15) is 13.0 Å². The molecule has 1 atom stereocenters. The fraction of sp³-hybridized carbons (Fsp3) is 0. The van der Waals surface area contributed by atoms with Gasteiger partial charge in [0.25, 0.3) is 0 Å². The summed E-state index contributed by atoms with van der Waals surface area (Å²) >= 11 is 0. The first-order chi connectivity index (χ1) is 3.42. The van der Waals surface area contributed by atoms with Crippen LogP contribution in [0.4, 0.5) is 0 Å². The van der Waals surface area contributed by atoms with Crippen molar-refractivity contribution in [3.05, 3.63) is 0 Å². The molecule has 0 aromatic heterocycles. The molecule has 0 aliphatic heterocycles. The molecule has 0 fully saturated rings. The van der Waals surface area contributed by atoms with Crippen LogP contribution in [0.1, 0.15) is 0 Å². The topological polar surface area (TPSA) is 101 Å². The number of hydrogen-bond acceptors (Lipinski definition) is 4. The zero-order chi connectivity index (χ0) is 6.78. The van der Waals surface area contributed by atoms with Crippen molar-refractivity contribution in [2.24, 2.45) is 0 Å². The summed E-state index contributed by atoms with van der Waals surface area (Å²) < 4.78 is 38.9. The van der Waals surface area contributed by atoms with Gasteiger partial charge in [-0.25, -0.2) is 0 Å². The number of hydrogen-bond donors (Lipinski definition) is 2. The minimum absolute atomic E-state index is 3.03. The van der Waals surface area contributed by atoms with Crippen LogP contribution in [0.2, 0.25) is 0 Å². The van der Waals surface area contributed by atoms with Gasteiger partial charge in [-0.05, 0) is 0 Å². The summed E-state index contributed by atoms with van der Waals surface area (Å²) in [6.07, 6.45) is 0. The van der Waals surface area contributed by atoms with Crippen molar-refractivity contribution < 1.29 is 26.4 Å². The van der Waals surface area contributed by atoms with Crippen LogP contribution in [0.25, 0.3) is 0 Å². The van der Waals surface area contributed by atoms with E-state index in [0.29, 0.717) is 0 Å². The molecule has 0 aromatic rings. The highest BCUT2D eigenvalue weighted by Crippen LogP contribution is 2.16. The lowest BCUT2D eigenvalue weighted by Crippen LogP contribution is -1.95. The molecular formula is H2O6PS+. The van der Waals surface area contributed by atoms with Crippen molar-refractivity contribution in [2.75, 3.05) is 0 Å². The van der Waals surface area contributed by atoms with E-state index in [1.165, 1.54) is 0 Å². The molecule has 0 bridgehead atoms. The van der Waals surface area contributed by atoms with Crippen LogP contribution >= 0.6 is 8.25 Å². The third kappa shape index (κ3) is 5.93. The second kappa shape index (κ2) is 2.47. The molecule has 0 heterocycles. The summed E-state index contributed by atoms with van der Waals surface area (Å²) in [5.41, 5.74) is 0. The molecule has 0 amide bonds. The summed E-state index contributed by atoms with van der Waals surface area (Å²) in [5.74, 6) is 0. The Kier molecular flexibility index (Phi) is 2.45. The predicted octanol–water partition coefficient (Wildman–Crippen LogP) is -0.544. The van der Waals surface area contributed by atoms with E-state index < -0.39 is 18.7 Å². The zero-order valence-corrected chi connectivity index (χ0v) is 5.09. The SMILES string of the molecule is O=[P+](O)OS(=O)(=O)O. The van der Waals surface area contributed by atoms with Crippen molar-refractivity contribution in [1.82, 2.24) is 0 Å². The van der Waals surface area contributed by atoms with E-state index in [2.05, 4.69) is 3.97 Å². The molecule has 0 radical (unpaired) electrons. The van der Waals surface area contributed by atoms with Crippen LogP contribution in [0.15, 0.2) is 0 Å². The van der Waals surface area contributed by atoms with E-state index in [4.69, 9.17) is 9.45 Å². The zero-order valence-electron chi connectivity index (χ0n) is 3.38. The van der Waals surface area contributed by atoms with Gasteiger partial charge in [0.1, 0.15) is 0 Å². The van der Waals surface area contributed by atoms with Gasteiger partial charge in [-0.3, -0.25) is 4.55 Å². The summed E-state index contributed by atoms with van der Waals surface area (Å²) in [4.78, 5) is 7.64. The van der Waals surface area contributed by atoms with Crippen LogP contribution in [0.5, 0.6) is 0 Å². The maximum absolute atomic E-state index is 9.43. The molecule has 1 unspecified atom stereocenters. The molecule has 2 N–H and O–H groups in total. The Labute approximate surface area is 46.0 Å². The molecule has 0 spiro atoms. The van der Waals surface area contributed by atoms with Gasteiger partial charge >= 0.3 is 18.7 Å². The Morgan fingerprint density at radius 3 is 1.88 bits per heavy atom. The van der Waals surface area contributed by atoms with E-state index in [-0.39, 0.29) is 0 Å². The van der Waals surface area contributed by atoms with E-state index in [1.807, 2.05) is 0 Å². The maximum Gasteiger partial charge on any atom is 0.714 e. The highest BCUT2D eigenvalue weighted by atomic mass is 32.3. The van der Waals surface area contributed by atoms with Crippen LogP contribution in [-0.4, -0.2) is 17.9 Å². The van der Waals surface area contributed by atoms with Gasteiger partial charge in [-0.1, -0.05) is 0 Å². The van der Waals surface area contributed by atoms with Gasteiger partial charge in [0.2, 0.25) is 0 Å². The first kappa shape index (κ1) is 7.93. The highest BCUT2D eigenvalue weighted by Gasteiger charge is 2.23. The first-order valence-corrected chi connectivity index (χ1v) is 3.74. The van der Waals surface area contributed by atoms with Crippen molar-refractivity contribution >= 4 is 18.7 Å². The largest absolute Gasteiger partial charge is 0.714 e. The van der Waals surface area contributed by atoms with E-state index >= 15 is 0 Å². The monoisotopic (exact) mass is 161 g/mol. The average Bonchev–Trinajstić information content (AvgIpc) is 1.21. The lowest BCUT2D eigenvalue weighted by Gasteiger charge is -1.74. The molecular weight excluding hydrogens is 159 g/mol. The fourth-order valence-electron chi connectivity index (χ4n) is 0.0806. The Bertz CT molecular complexity index is 175. The summed E-state index contributed by atoms with van der Waals surface area (Å²) in [6, 6.07) is 0. The highest BCUT2D eigenvalue weighted by molar-refractivity contribution is 7.84. The molecule has 0 aromatic carbocycles. The standard InChI is InChI=1S/HO6PS/c1-7(2)6-8(3,4)5/h(H-,1,2,3,4,5)/p+1. The summed E-state index contributed by atoms with van der Waals surface area (Å²) in [5, 5.41) is 0. The third-order valence-corrected chi connectivity index (χ3v) is 1.42. The third-order valence-electron chi connectivity index (χ3n) is 0.158. The Balaban J connectivity index is 3.95. The molecule has 0 rings (SSSR count). The normalized spacial score (nSPS) is 13.5. The van der Waals surface area contributed by atoms with Gasteiger partial charge in [-0.15, -0.1) is 4.89 Å². The van der Waals surface area contributed by atoms with E-state index in [1.54, 1.807) is 0 Å². The van der Waals surface area contributed by atoms with Gasteiger partial charge in [0, 0.05) is 8.54 Å². The summed E-state index contributed by atoms with van der Waals surface area (Å²) in [7, 11) is -8.03.